The molecule has 0 amide bonds. The molecule has 0 aliphatic heterocycles. The highest BCUT2D eigenvalue weighted by Gasteiger charge is 2.20. The summed E-state index contributed by atoms with van der Waals surface area (Å²) in [6.07, 6.45) is 0. The summed E-state index contributed by atoms with van der Waals surface area (Å²) in [5.74, 6) is 0. The third-order valence-corrected chi connectivity index (χ3v) is 12.4. The van der Waals surface area contributed by atoms with Gasteiger partial charge in [-0.2, -0.15) is 0 Å². The van der Waals surface area contributed by atoms with Crippen molar-refractivity contribution in [2.75, 3.05) is 0 Å². The molecule has 0 aliphatic rings. The predicted octanol–water partition coefficient (Wildman–Crippen LogP) is 16.4. The molecule has 0 saturated heterocycles. The average Bonchev–Trinajstić information content (AvgIpc) is 3.29. The summed E-state index contributed by atoms with van der Waals surface area (Å²) in [5.41, 5.74) is 9.82. The molecule has 0 fully saturated rings. The van der Waals surface area contributed by atoms with Gasteiger partial charge in [-0.3, -0.25) is 0 Å². The third-order valence-electron chi connectivity index (χ3n) is 12.4. The molecular formula is C58H36. The van der Waals surface area contributed by atoms with E-state index in [1.807, 2.05) is 0 Å². The van der Waals surface area contributed by atoms with Crippen molar-refractivity contribution >= 4 is 75.4 Å². The molecule has 12 rings (SSSR count). The Labute approximate surface area is 336 Å². The van der Waals surface area contributed by atoms with Crippen LogP contribution >= 0.6 is 0 Å². The number of hydrogen-bond donors (Lipinski definition) is 0. The minimum absolute atomic E-state index is 1.21. The summed E-state index contributed by atoms with van der Waals surface area (Å²) in [6.45, 7) is 0. The average molecular weight is 733 g/mol. The topological polar surface area (TPSA) is 0 Å². The summed E-state index contributed by atoms with van der Waals surface area (Å²) in [5, 5.41) is 17.6. The van der Waals surface area contributed by atoms with E-state index in [1.54, 1.807) is 0 Å². The molecule has 0 heterocycles. The lowest BCUT2D eigenvalue weighted by atomic mass is 9.83. The van der Waals surface area contributed by atoms with Gasteiger partial charge in [0.1, 0.15) is 0 Å². The predicted molar refractivity (Wildman–Crippen MR) is 251 cm³/mol. The lowest BCUT2D eigenvalue weighted by Gasteiger charge is -2.20. The van der Waals surface area contributed by atoms with Crippen LogP contribution in [0.3, 0.4) is 0 Å². The van der Waals surface area contributed by atoms with Gasteiger partial charge in [0.25, 0.3) is 0 Å². The summed E-state index contributed by atoms with van der Waals surface area (Å²) in [7, 11) is 0. The van der Waals surface area contributed by atoms with Crippen LogP contribution in [0.2, 0.25) is 0 Å². The Morgan fingerprint density at radius 3 is 1.00 bits per heavy atom. The first kappa shape index (κ1) is 32.7. The van der Waals surface area contributed by atoms with Crippen LogP contribution in [0.4, 0.5) is 0 Å². The molecule has 12 aromatic rings. The normalized spacial score (nSPS) is 11.8. The smallest absolute Gasteiger partial charge is 0.00259 e. The van der Waals surface area contributed by atoms with Crippen LogP contribution in [0.15, 0.2) is 218 Å². The number of benzene rings is 12. The van der Waals surface area contributed by atoms with Crippen molar-refractivity contribution < 1.29 is 0 Å². The number of fused-ring (bicyclic) bond motifs is 8. The van der Waals surface area contributed by atoms with Crippen LogP contribution in [-0.2, 0) is 0 Å². The third kappa shape index (κ3) is 5.30. The van der Waals surface area contributed by atoms with E-state index in [9.17, 15) is 0 Å². The van der Waals surface area contributed by atoms with Crippen LogP contribution in [-0.4, -0.2) is 0 Å². The Morgan fingerprint density at radius 2 is 0.466 bits per heavy atom. The van der Waals surface area contributed by atoms with Crippen molar-refractivity contribution in [1.29, 1.82) is 0 Å². The van der Waals surface area contributed by atoms with E-state index in [1.165, 1.54) is 120 Å². The lowest BCUT2D eigenvalue weighted by molar-refractivity contribution is 1.65. The molecule has 0 saturated carbocycles. The van der Waals surface area contributed by atoms with Crippen LogP contribution < -0.4 is 0 Å². The van der Waals surface area contributed by atoms with Gasteiger partial charge in [0.05, 0.1) is 0 Å². The maximum atomic E-state index is 2.45. The highest BCUT2D eigenvalue weighted by molar-refractivity contribution is 6.23. The van der Waals surface area contributed by atoms with Crippen molar-refractivity contribution in [1.82, 2.24) is 0 Å². The van der Waals surface area contributed by atoms with Gasteiger partial charge in [0, 0.05) is 0 Å². The van der Waals surface area contributed by atoms with Gasteiger partial charge in [-0.1, -0.05) is 182 Å². The monoisotopic (exact) mass is 732 g/mol. The van der Waals surface area contributed by atoms with E-state index in [0.717, 1.165) is 0 Å². The quantitative estimate of drug-likeness (QED) is 0.125. The Kier molecular flexibility index (Phi) is 7.33. The van der Waals surface area contributed by atoms with E-state index in [-0.39, 0.29) is 0 Å². The van der Waals surface area contributed by atoms with Crippen LogP contribution in [0.1, 0.15) is 0 Å². The summed E-state index contributed by atoms with van der Waals surface area (Å²) < 4.78 is 0. The van der Waals surface area contributed by atoms with Crippen LogP contribution in [0.5, 0.6) is 0 Å². The molecule has 12 aromatic carbocycles. The number of rotatable bonds is 4. The Hall–Kier alpha value is -7.54. The van der Waals surface area contributed by atoms with Gasteiger partial charge in [-0.05, 0) is 156 Å². The molecule has 0 aromatic heterocycles. The van der Waals surface area contributed by atoms with Crippen molar-refractivity contribution in [2.45, 2.75) is 0 Å². The van der Waals surface area contributed by atoms with Gasteiger partial charge < -0.3 is 0 Å². The van der Waals surface area contributed by atoms with E-state index in [0.29, 0.717) is 0 Å². The molecule has 0 heteroatoms. The first-order chi connectivity index (χ1) is 28.7. The molecule has 0 N–H and O–H groups in total. The second-order valence-corrected chi connectivity index (χ2v) is 15.7. The SMILES string of the molecule is c1ccc2cc(-c3ccc4c(-c5ccc6c(ccc7ccccc76)c5)c5cc(-c6ccc7ccccc7c6)ccc5c(-c5ccc6ccccc6c5)c4c3)ccc2c1. The lowest BCUT2D eigenvalue weighted by Crippen LogP contribution is -1.93. The van der Waals surface area contributed by atoms with Crippen molar-refractivity contribution in [2.24, 2.45) is 0 Å². The highest BCUT2D eigenvalue weighted by atomic mass is 14.2. The molecule has 0 radical (unpaired) electrons. The van der Waals surface area contributed by atoms with E-state index in [4.69, 9.17) is 0 Å². The first-order valence-electron chi connectivity index (χ1n) is 20.1. The van der Waals surface area contributed by atoms with Crippen molar-refractivity contribution in [3.05, 3.63) is 218 Å². The van der Waals surface area contributed by atoms with Gasteiger partial charge >= 0.3 is 0 Å². The van der Waals surface area contributed by atoms with Gasteiger partial charge in [0.2, 0.25) is 0 Å². The fourth-order valence-corrected chi connectivity index (χ4v) is 9.46. The molecule has 58 heavy (non-hydrogen) atoms. The minimum atomic E-state index is 1.21. The van der Waals surface area contributed by atoms with Crippen molar-refractivity contribution in [3.8, 4) is 44.5 Å². The standard InChI is InChI=1S/C58H36/c1-4-13-41-31-44(21-17-37(41)9-1)46-26-30-54-55(35-46)57(49-24-19-39-11-3-6-15-43(39)33-49)53-29-25-47(45-22-18-38-10-2-5-14-42(38)32-45)36-56(53)58(54)50-27-28-52-48(34-50)23-20-40-12-7-8-16-51(40)52/h1-36H. The van der Waals surface area contributed by atoms with E-state index < -0.39 is 0 Å². The van der Waals surface area contributed by atoms with Crippen molar-refractivity contribution in [3.63, 3.8) is 0 Å². The largest absolute Gasteiger partial charge is 0.0616 e. The first-order valence-corrected chi connectivity index (χ1v) is 20.1. The second-order valence-electron chi connectivity index (χ2n) is 15.7. The Bertz CT molecular complexity index is 3620. The van der Waals surface area contributed by atoms with Gasteiger partial charge in [-0.15, -0.1) is 0 Å². The molecule has 0 atom stereocenters. The minimum Gasteiger partial charge on any atom is -0.0616 e. The van der Waals surface area contributed by atoms with Gasteiger partial charge in [-0.25, -0.2) is 0 Å². The van der Waals surface area contributed by atoms with E-state index in [2.05, 4.69) is 218 Å². The molecule has 0 unspecified atom stereocenters. The summed E-state index contributed by atoms with van der Waals surface area (Å²) in [6, 6.07) is 81.3. The molecule has 0 spiro atoms. The Morgan fingerprint density at radius 1 is 0.155 bits per heavy atom. The maximum absolute atomic E-state index is 2.45. The van der Waals surface area contributed by atoms with Crippen LogP contribution in [0.25, 0.3) is 120 Å². The molecule has 268 valence electrons. The zero-order valence-corrected chi connectivity index (χ0v) is 31.8. The molecular weight excluding hydrogens is 697 g/mol. The fraction of sp³-hybridized carbons (Fsp3) is 0. The summed E-state index contributed by atoms with van der Waals surface area (Å²) >= 11 is 0. The highest BCUT2D eigenvalue weighted by Crippen LogP contribution is 2.47. The Balaban J connectivity index is 1.19. The van der Waals surface area contributed by atoms with E-state index >= 15 is 0 Å². The number of hydrogen-bond acceptors (Lipinski definition) is 0. The zero-order valence-electron chi connectivity index (χ0n) is 31.8. The fourth-order valence-electron chi connectivity index (χ4n) is 9.46. The van der Waals surface area contributed by atoms with Crippen LogP contribution in [0, 0.1) is 0 Å². The molecule has 0 nitrogen and oxygen atoms in total. The van der Waals surface area contributed by atoms with Gasteiger partial charge in [0.15, 0.2) is 0 Å². The maximum Gasteiger partial charge on any atom is -0.00259 e. The zero-order chi connectivity index (χ0) is 38.2. The summed E-state index contributed by atoms with van der Waals surface area (Å²) in [4.78, 5) is 0. The molecule has 0 aliphatic carbocycles. The second kappa shape index (κ2) is 13.0. The molecule has 0 bridgehead atoms.